The molecule has 3 aromatic rings. The molecule has 1 aromatic carbocycles. The molecule has 2 heterocycles. The van der Waals surface area contributed by atoms with Crippen molar-refractivity contribution in [1.29, 1.82) is 0 Å². The molecular formula is C24H32N4O4S. The van der Waals surface area contributed by atoms with Crippen LogP contribution in [0.5, 0.6) is 5.75 Å². The number of pyridine rings is 1. The first-order valence-electron chi connectivity index (χ1n) is 11.1. The van der Waals surface area contributed by atoms with Gasteiger partial charge in [-0.2, -0.15) is 5.10 Å². The van der Waals surface area contributed by atoms with E-state index in [4.69, 9.17) is 9.72 Å². The van der Waals surface area contributed by atoms with E-state index in [0.717, 1.165) is 16.7 Å². The molecule has 0 saturated heterocycles. The number of amides is 1. The number of carbonyl (C=O) groups is 1. The van der Waals surface area contributed by atoms with Gasteiger partial charge in [0.15, 0.2) is 15.5 Å². The number of rotatable bonds is 9. The quantitative estimate of drug-likeness (QED) is 0.436. The third-order valence-corrected chi connectivity index (χ3v) is 6.49. The molecule has 178 valence electrons. The van der Waals surface area contributed by atoms with Gasteiger partial charge in [0.25, 0.3) is 5.91 Å². The maximum Gasteiger partial charge on any atom is 0.254 e. The fourth-order valence-corrected chi connectivity index (χ4v) is 4.14. The van der Waals surface area contributed by atoms with Crippen molar-refractivity contribution in [3.63, 3.8) is 0 Å². The number of ether oxygens (including phenoxy) is 1. The van der Waals surface area contributed by atoms with Gasteiger partial charge in [-0.15, -0.1) is 0 Å². The zero-order valence-corrected chi connectivity index (χ0v) is 20.9. The standard InChI is InChI=1S/C24H32N4O4S/c1-16(2)22-14-20(21-15-25-28(17(3)4)23(21)26-22)24(29)27(5)11-8-12-32-18-9-7-10-19(13-18)33(6,30)31/h7,9-10,13-17H,8,11-12H2,1-6H3. The number of carbonyl (C=O) groups excluding carboxylic acids is 1. The average molecular weight is 473 g/mol. The van der Waals surface area contributed by atoms with Crippen molar-refractivity contribution < 1.29 is 17.9 Å². The van der Waals surface area contributed by atoms with Gasteiger partial charge in [-0.05, 0) is 50.5 Å². The highest BCUT2D eigenvalue weighted by Gasteiger charge is 2.21. The summed E-state index contributed by atoms with van der Waals surface area (Å²) in [5.74, 6) is 0.579. The minimum absolute atomic E-state index is 0.0910. The predicted octanol–water partition coefficient (Wildman–Crippen LogP) is 4.08. The van der Waals surface area contributed by atoms with E-state index >= 15 is 0 Å². The average Bonchev–Trinajstić information content (AvgIpc) is 3.19. The van der Waals surface area contributed by atoms with Crippen molar-refractivity contribution in [3.8, 4) is 5.75 Å². The van der Waals surface area contributed by atoms with Crippen LogP contribution in [-0.2, 0) is 9.84 Å². The van der Waals surface area contributed by atoms with Crippen molar-refractivity contribution >= 4 is 26.8 Å². The Labute approximate surface area is 195 Å². The Morgan fingerprint density at radius 2 is 1.91 bits per heavy atom. The first kappa shape index (κ1) is 24.7. The number of nitrogens with zero attached hydrogens (tertiary/aromatic N) is 4. The van der Waals surface area contributed by atoms with Crippen molar-refractivity contribution in [3.05, 3.63) is 47.8 Å². The molecule has 1 amide bonds. The van der Waals surface area contributed by atoms with Crippen molar-refractivity contribution in [1.82, 2.24) is 19.7 Å². The maximum absolute atomic E-state index is 13.3. The second-order valence-electron chi connectivity index (χ2n) is 8.85. The zero-order valence-electron chi connectivity index (χ0n) is 20.1. The van der Waals surface area contributed by atoms with Crippen LogP contribution in [0.4, 0.5) is 0 Å². The van der Waals surface area contributed by atoms with E-state index in [1.165, 1.54) is 18.4 Å². The topological polar surface area (TPSA) is 94.4 Å². The number of hydrogen-bond acceptors (Lipinski definition) is 6. The molecular weight excluding hydrogens is 440 g/mol. The van der Waals surface area contributed by atoms with Crippen LogP contribution >= 0.6 is 0 Å². The molecule has 0 unspecified atom stereocenters. The molecule has 9 heteroatoms. The van der Waals surface area contributed by atoms with Gasteiger partial charge in [0.1, 0.15) is 5.75 Å². The molecule has 0 radical (unpaired) electrons. The van der Waals surface area contributed by atoms with E-state index in [2.05, 4.69) is 18.9 Å². The van der Waals surface area contributed by atoms with E-state index in [9.17, 15) is 13.2 Å². The molecule has 0 N–H and O–H groups in total. The van der Waals surface area contributed by atoms with E-state index in [0.29, 0.717) is 30.9 Å². The first-order chi connectivity index (χ1) is 15.5. The van der Waals surface area contributed by atoms with Crippen LogP contribution in [0.25, 0.3) is 11.0 Å². The third kappa shape index (κ3) is 5.71. The number of benzene rings is 1. The summed E-state index contributed by atoms with van der Waals surface area (Å²) in [5, 5.41) is 5.20. The largest absolute Gasteiger partial charge is 0.493 e. The molecule has 0 aliphatic carbocycles. The summed E-state index contributed by atoms with van der Waals surface area (Å²) >= 11 is 0. The van der Waals surface area contributed by atoms with Gasteiger partial charge < -0.3 is 9.64 Å². The van der Waals surface area contributed by atoms with E-state index in [-0.39, 0.29) is 22.8 Å². The SMILES string of the molecule is CC(C)c1cc(C(=O)N(C)CCCOc2cccc(S(C)(=O)=O)c2)c2cnn(C(C)C)c2n1. The predicted molar refractivity (Wildman–Crippen MR) is 129 cm³/mol. The fraction of sp³-hybridized carbons (Fsp3) is 0.458. The molecule has 0 saturated carbocycles. The highest BCUT2D eigenvalue weighted by Crippen LogP contribution is 2.25. The molecule has 0 aliphatic rings. The summed E-state index contributed by atoms with van der Waals surface area (Å²) in [6.07, 6.45) is 3.48. The van der Waals surface area contributed by atoms with Gasteiger partial charge in [-0.3, -0.25) is 4.79 Å². The van der Waals surface area contributed by atoms with Crippen LogP contribution in [0.2, 0.25) is 0 Å². The van der Waals surface area contributed by atoms with Gasteiger partial charge >= 0.3 is 0 Å². The highest BCUT2D eigenvalue weighted by molar-refractivity contribution is 7.90. The molecule has 0 aliphatic heterocycles. The molecule has 0 atom stereocenters. The Morgan fingerprint density at radius 1 is 1.18 bits per heavy atom. The number of aromatic nitrogens is 3. The summed E-state index contributed by atoms with van der Waals surface area (Å²) in [4.78, 5) is 19.9. The Hall–Kier alpha value is -2.94. The minimum Gasteiger partial charge on any atom is -0.493 e. The van der Waals surface area contributed by atoms with Gasteiger partial charge in [0.05, 0.1) is 28.6 Å². The normalized spacial score (nSPS) is 12.0. The second-order valence-corrected chi connectivity index (χ2v) is 10.9. The summed E-state index contributed by atoms with van der Waals surface area (Å²) in [6, 6.07) is 8.42. The summed E-state index contributed by atoms with van der Waals surface area (Å²) in [6.45, 7) is 9.03. The lowest BCUT2D eigenvalue weighted by atomic mass is 10.0. The van der Waals surface area contributed by atoms with E-state index < -0.39 is 9.84 Å². The lowest BCUT2D eigenvalue weighted by molar-refractivity contribution is 0.0789. The Morgan fingerprint density at radius 3 is 2.55 bits per heavy atom. The summed E-state index contributed by atoms with van der Waals surface area (Å²) in [5.41, 5.74) is 2.18. The van der Waals surface area contributed by atoms with Crippen molar-refractivity contribution in [2.24, 2.45) is 0 Å². The summed E-state index contributed by atoms with van der Waals surface area (Å²) < 4.78 is 30.9. The van der Waals surface area contributed by atoms with Crippen LogP contribution < -0.4 is 4.74 Å². The van der Waals surface area contributed by atoms with Crippen molar-refractivity contribution in [2.75, 3.05) is 26.5 Å². The molecule has 8 nitrogen and oxygen atoms in total. The monoisotopic (exact) mass is 472 g/mol. The number of sulfone groups is 1. The molecule has 0 spiro atoms. The van der Waals surface area contributed by atoms with Crippen LogP contribution in [-0.4, -0.2) is 60.4 Å². The third-order valence-electron chi connectivity index (χ3n) is 5.38. The maximum atomic E-state index is 13.3. The smallest absolute Gasteiger partial charge is 0.254 e. The zero-order chi connectivity index (χ0) is 24.3. The van der Waals surface area contributed by atoms with Gasteiger partial charge in [-0.25, -0.2) is 18.1 Å². The molecule has 33 heavy (non-hydrogen) atoms. The minimum atomic E-state index is -3.29. The molecule has 3 rings (SSSR count). The number of fused-ring (bicyclic) bond motifs is 1. The summed E-state index contributed by atoms with van der Waals surface area (Å²) in [7, 11) is -1.52. The van der Waals surface area contributed by atoms with Crippen LogP contribution in [0.1, 0.15) is 62.1 Å². The Balaban J connectivity index is 1.70. The van der Waals surface area contributed by atoms with E-state index in [1.54, 1.807) is 30.3 Å². The van der Waals surface area contributed by atoms with Crippen LogP contribution in [0.15, 0.2) is 41.4 Å². The van der Waals surface area contributed by atoms with Gasteiger partial charge in [-0.1, -0.05) is 19.9 Å². The lowest BCUT2D eigenvalue weighted by Crippen LogP contribution is -2.29. The van der Waals surface area contributed by atoms with E-state index in [1.807, 2.05) is 24.6 Å². The fourth-order valence-electron chi connectivity index (χ4n) is 3.48. The first-order valence-corrected chi connectivity index (χ1v) is 12.9. The molecule has 0 fully saturated rings. The van der Waals surface area contributed by atoms with Gasteiger partial charge in [0, 0.05) is 31.6 Å². The lowest BCUT2D eigenvalue weighted by Gasteiger charge is -2.19. The van der Waals surface area contributed by atoms with Crippen LogP contribution in [0.3, 0.4) is 0 Å². The number of hydrogen-bond donors (Lipinski definition) is 0. The highest BCUT2D eigenvalue weighted by atomic mass is 32.2. The molecule has 2 aromatic heterocycles. The van der Waals surface area contributed by atoms with Crippen molar-refractivity contribution in [2.45, 2.75) is 51.0 Å². The van der Waals surface area contributed by atoms with Gasteiger partial charge in [0.2, 0.25) is 0 Å². The molecule has 0 bridgehead atoms. The second kappa shape index (κ2) is 9.91. The Bertz CT molecular complexity index is 1250. The Kier molecular flexibility index (Phi) is 7.41. The van der Waals surface area contributed by atoms with Crippen LogP contribution in [0, 0.1) is 0 Å².